The summed E-state index contributed by atoms with van der Waals surface area (Å²) in [6.45, 7) is 0. The van der Waals surface area contributed by atoms with Crippen molar-refractivity contribution in [2.45, 2.75) is 31.7 Å². The van der Waals surface area contributed by atoms with Crippen LogP contribution in [0.15, 0.2) is 24.3 Å². The second-order valence-electron chi connectivity index (χ2n) is 4.84. The molecule has 1 atom stereocenters. The zero-order valence-electron chi connectivity index (χ0n) is 12.3. The fraction of sp³-hybridized carbons (Fsp3) is 0.357. The van der Waals surface area contributed by atoms with Gasteiger partial charge >= 0.3 is 12.3 Å². The second-order valence-corrected chi connectivity index (χ2v) is 4.84. The number of carboxylic acids is 1. The van der Waals surface area contributed by atoms with Gasteiger partial charge in [0.2, 0.25) is 11.8 Å². The molecule has 0 fully saturated rings. The van der Waals surface area contributed by atoms with Gasteiger partial charge in [0.1, 0.15) is 11.8 Å². The zero-order chi connectivity index (χ0) is 18.3. The average Bonchev–Trinajstić information content (AvgIpc) is 2.41. The number of carbonyl (C=O) groups excluding carboxylic acids is 2. The van der Waals surface area contributed by atoms with Gasteiger partial charge in [0.25, 0.3) is 0 Å². The lowest BCUT2D eigenvalue weighted by molar-refractivity contribution is -0.274. The molecule has 4 N–H and O–H groups in total. The molecule has 0 aliphatic carbocycles. The van der Waals surface area contributed by atoms with E-state index in [9.17, 15) is 27.6 Å². The first-order valence-corrected chi connectivity index (χ1v) is 6.72. The number of rotatable bonds is 8. The summed E-state index contributed by atoms with van der Waals surface area (Å²) in [5, 5.41) is 11.1. The predicted molar refractivity (Wildman–Crippen MR) is 74.8 cm³/mol. The van der Waals surface area contributed by atoms with E-state index in [0.717, 1.165) is 12.1 Å². The van der Waals surface area contributed by atoms with E-state index >= 15 is 0 Å². The first kappa shape index (κ1) is 19.3. The fourth-order valence-corrected chi connectivity index (χ4v) is 1.83. The lowest BCUT2D eigenvalue weighted by atomic mass is 10.1. The maximum atomic E-state index is 12.1. The summed E-state index contributed by atoms with van der Waals surface area (Å²) in [5.74, 6) is -3.28. The number of carbonyl (C=O) groups is 3. The van der Waals surface area contributed by atoms with Crippen molar-refractivity contribution < 1.29 is 37.4 Å². The Kier molecular flexibility index (Phi) is 6.57. The summed E-state index contributed by atoms with van der Waals surface area (Å²) in [4.78, 5) is 33.5. The van der Waals surface area contributed by atoms with Crippen molar-refractivity contribution in [3.05, 3.63) is 29.8 Å². The molecule has 0 aliphatic heterocycles. The molecule has 0 saturated carbocycles. The Balaban J connectivity index is 2.67. The van der Waals surface area contributed by atoms with Crippen molar-refractivity contribution in [2.75, 3.05) is 0 Å². The number of amides is 2. The van der Waals surface area contributed by atoms with Crippen LogP contribution in [0.25, 0.3) is 0 Å². The number of aliphatic carboxylic acids is 1. The molecular formula is C14H15F3N2O5. The highest BCUT2D eigenvalue weighted by molar-refractivity contribution is 5.85. The molecule has 7 nitrogen and oxygen atoms in total. The molecule has 0 bridgehead atoms. The van der Waals surface area contributed by atoms with Crippen molar-refractivity contribution in [3.8, 4) is 5.75 Å². The molecule has 2 amide bonds. The minimum atomic E-state index is -4.86. The quantitative estimate of drug-likeness (QED) is 0.647. The van der Waals surface area contributed by atoms with Crippen LogP contribution in [0.4, 0.5) is 13.2 Å². The Morgan fingerprint density at radius 3 is 2.50 bits per heavy atom. The van der Waals surface area contributed by atoms with Crippen LogP contribution in [-0.4, -0.2) is 35.3 Å². The van der Waals surface area contributed by atoms with Gasteiger partial charge in [0.15, 0.2) is 0 Å². The molecule has 0 radical (unpaired) electrons. The number of nitrogens with two attached hydrogens (primary N) is 1. The SMILES string of the molecule is NC(=O)CC[C@H](NC(=O)Cc1cccc(OC(F)(F)F)c1)C(=O)O. The van der Waals surface area contributed by atoms with Crippen molar-refractivity contribution in [2.24, 2.45) is 5.73 Å². The fourth-order valence-electron chi connectivity index (χ4n) is 1.83. The smallest absolute Gasteiger partial charge is 0.480 e. The second kappa shape index (κ2) is 8.18. The van der Waals surface area contributed by atoms with Crippen LogP contribution in [0.3, 0.4) is 0 Å². The number of benzene rings is 1. The summed E-state index contributed by atoms with van der Waals surface area (Å²) in [7, 11) is 0. The van der Waals surface area contributed by atoms with Gasteiger partial charge in [-0.05, 0) is 24.1 Å². The molecule has 0 spiro atoms. The highest BCUT2D eigenvalue weighted by Crippen LogP contribution is 2.23. The van der Waals surface area contributed by atoms with E-state index in [1.807, 2.05) is 0 Å². The average molecular weight is 348 g/mol. The number of alkyl halides is 3. The van der Waals surface area contributed by atoms with Gasteiger partial charge < -0.3 is 20.9 Å². The topological polar surface area (TPSA) is 119 Å². The van der Waals surface area contributed by atoms with Gasteiger partial charge in [0.05, 0.1) is 6.42 Å². The monoisotopic (exact) mass is 348 g/mol. The van der Waals surface area contributed by atoms with Crippen LogP contribution in [0.2, 0.25) is 0 Å². The molecule has 0 saturated heterocycles. The molecule has 0 aliphatic rings. The number of halogens is 3. The van der Waals surface area contributed by atoms with Crippen LogP contribution in [-0.2, 0) is 20.8 Å². The predicted octanol–water partition coefficient (Wildman–Crippen LogP) is 0.963. The number of nitrogens with one attached hydrogen (secondary N) is 1. The summed E-state index contributed by atoms with van der Waals surface area (Å²) >= 11 is 0. The highest BCUT2D eigenvalue weighted by atomic mass is 19.4. The molecule has 0 aromatic heterocycles. The van der Waals surface area contributed by atoms with Crippen molar-refractivity contribution >= 4 is 17.8 Å². The van der Waals surface area contributed by atoms with Crippen LogP contribution in [0.5, 0.6) is 5.75 Å². The Bertz CT molecular complexity index is 619. The van der Waals surface area contributed by atoms with Crippen LogP contribution in [0, 0.1) is 0 Å². The maximum Gasteiger partial charge on any atom is 0.573 e. The summed E-state index contributed by atoms with van der Waals surface area (Å²) in [6.07, 6.45) is -5.63. The Labute approximate surface area is 134 Å². The molecule has 132 valence electrons. The highest BCUT2D eigenvalue weighted by Gasteiger charge is 2.31. The number of ether oxygens (including phenoxy) is 1. The van der Waals surface area contributed by atoms with Gasteiger partial charge in [-0.2, -0.15) is 0 Å². The molecule has 1 rings (SSSR count). The number of hydrogen-bond donors (Lipinski definition) is 3. The van der Waals surface area contributed by atoms with Gasteiger partial charge in [-0.1, -0.05) is 12.1 Å². The molecule has 0 heterocycles. The minimum absolute atomic E-state index is 0.187. The number of hydrogen-bond acceptors (Lipinski definition) is 4. The third-order valence-corrected chi connectivity index (χ3v) is 2.81. The van der Waals surface area contributed by atoms with Crippen molar-refractivity contribution in [3.63, 3.8) is 0 Å². The van der Waals surface area contributed by atoms with E-state index < -0.39 is 35.9 Å². The zero-order valence-corrected chi connectivity index (χ0v) is 12.3. The Morgan fingerprint density at radius 2 is 1.96 bits per heavy atom. The molecule has 1 aromatic rings. The molecular weight excluding hydrogens is 333 g/mol. The van der Waals surface area contributed by atoms with E-state index in [2.05, 4.69) is 10.1 Å². The number of primary amides is 1. The third-order valence-electron chi connectivity index (χ3n) is 2.81. The van der Waals surface area contributed by atoms with Crippen LogP contribution < -0.4 is 15.8 Å². The van der Waals surface area contributed by atoms with E-state index in [-0.39, 0.29) is 24.8 Å². The Hall–Kier alpha value is -2.78. The van der Waals surface area contributed by atoms with Crippen LogP contribution >= 0.6 is 0 Å². The lowest BCUT2D eigenvalue weighted by Crippen LogP contribution is -2.42. The number of carboxylic acid groups (broad SMARTS) is 1. The molecule has 10 heteroatoms. The van der Waals surface area contributed by atoms with E-state index in [1.54, 1.807) is 0 Å². The lowest BCUT2D eigenvalue weighted by Gasteiger charge is -2.14. The van der Waals surface area contributed by atoms with Crippen LogP contribution in [0.1, 0.15) is 18.4 Å². The minimum Gasteiger partial charge on any atom is -0.480 e. The standard InChI is InChI=1S/C14H15F3N2O5/c15-14(16,17)24-9-3-1-2-8(6-9)7-12(21)19-10(13(22)23)4-5-11(18)20/h1-3,6,10H,4-5,7H2,(H2,18,20)(H,19,21)(H,22,23)/t10-/m0/s1. The molecule has 24 heavy (non-hydrogen) atoms. The van der Waals surface area contributed by atoms with Gasteiger partial charge in [-0.25, -0.2) is 4.79 Å². The van der Waals surface area contributed by atoms with E-state index in [4.69, 9.17) is 10.8 Å². The van der Waals surface area contributed by atoms with E-state index in [1.165, 1.54) is 12.1 Å². The van der Waals surface area contributed by atoms with Crippen molar-refractivity contribution in [1.29, 1.82) is 0 Å². The summed E-state index contributed by atoms with van der Waals surface area (Å²) in [5.41, 5.74) is 5.11. The molecule has 0 unspecified atom stereocenters. The first-order valence-electron chi connectivity index (χ1n) is 6.72. The van der Waals surface area contributed by atoms with Gasteiger partial charge in [-0.15, -0.1) is 13.2 Å². The first-order chi connectivity index (χ1) is 11.1. The van der Waals surface area contributed by atoms with E-state index in [0.29, 0.717) is 0 Å². The maximum absolute atomic E-state index is 12.1. The summed E-state index contributed by atoms with van der Waals surface area (Å²) in [6, 6.07) is 3.43. The van der Waals surface area contributed by atoms with Crippen molar-refractivity contribution in [1.82, 2.24) is 5.32 Å². The van der Waals surface area contributed by atoms with Gasteiger partial charge in [-0.3, -0.25) is 9.59 Å². The normalized spacial score (nSPS) is 12.3. The summed E-state index contributed by atoms with van der Waals surface area (Å²) < 4.78 is 40.2. The largest absolute Gasteiger partial charge is 0.573 e. The van der Waals surface area contributed by atoms with Gasteiger partial charge in [0, 0.05) is 6.42 Å². The molecule has 1 aromatic carbocycles. The Morgan fingerprint density at radius 1 is 1.29 bits per heavy atom. The third kappa shape index (κ3) is 7.47.